The van der Waals surface area contributed by atoms with E-state index < -0.39 is 21.8 Å². The molecular weight excluding hydrogens is 309 g/mol. The van der Waals surface area contributed by atoms with Gasteiger partial charge in [0, 0.05) is 5.69 Å². The Hall–Kier alpha value is -2.36. The number of anilines is 2. The van der Waals surface area contributed by atoms with Crippen molar-refractivity contribution < 1.29 is 21.6 Å². The van der Waals surface area contributed by atoms with Crippen LogP contribution in [0.15, 0.2) is 41.6 Å². The largest absolute Gasteiger partial charge is 0.416 e. The second kappa shape index (κ2) is 5.20. The predicted octanol–water partition coefficient (Wildman–Crippen LogP) is 1.88. The van der Waals surface area contributed by atoms with Crippen LogP contribution in [0.4, 0.5) is 24.8 Å². The van der Waals surface area contributed by atoms with Crippen molar-refractivity contribution in [1.82, 2.24) is 9.97 Å². The molecule has 0 bridgehead atoms. The van der Waals surface area contributed by atoms with Crippen LogP contribution in [0.2, 0.25) is 0 Å². The summed E-state index contributed by atoms with van der Waals surface area (Å²) in [6.45, 7) is 0. The number of halogens is 3. The summed E-state index contributed by atoms with van der Waals surface area (Å²) >= 11 is 0. The second-order valence-electron chi connectivity index (χ2n) is 3.96. The number of benzene rings is 1. The Kier molecular flexibility index (Phi) is 3.73. The molecule has 0 aliphatic heterocycles. The first-order valence-electron chi connectivity index (χ1n) is 5.46. The summed E-state index contributed by atoms with van der Waals surface area (Å²) in [5.41, 5.74) is 4.35. The van der Waals surface area contributed by atoms with Gasteiger partial charge in [0.25, 0.3) is 10.0 Å². The van der Waals surface area contributed by atoms with Crippen LogP contribution in [-0.4, -0.2) is 18.4 Å². The molecule has 6 nitrogen and oxygen atoms in total. The Balaban J connectivity index is 2.23. The SMILES string of the molecule is Nc1ncc(S(=O)(=O)Nc2ccc(C(F)(F)F)cc2)cn1. The highest BCUT2D eigenvalue weighted by Gasteiger charge is 2.30. The maximum absolute atomic E-state index is 12.4. The molecule has 10 heteroatoms. The summed E-state index contributed by atoms with van der Waals surface area (Å²) < 4.78 is 63.2. The van der Waals surface area contributed by atoms with Crippen molar-refractivity contribution in [2.24, 2.45) is 0 Å². The lowest BCUT2D eigenvalue weighted by atomic mass is 10.2. The van der Waals surface area contributed by atoms with Gasteiger partial charge in [-0.2, -0.15) is 13.2 Å². The molecule has 3 N–H and O–H groups in total. The van der Waals surface area contributed by atoms with Gasteiger partial charge in [-0.3, -0.25) is 4.72 Å². The summed E-state index contributed by atoms with van der Waals surface area (Å²) in [6, 6.07) is 3.58. The number of nitrogens with zero attached hydrogens (tertiary/aromatic N) is 2. The molecule has 0 unspecified atom stereocenters. The molecule has 0 aliphatic rings. The first kappa shape index (κ1) is 15.0. The zero-order valence-electron chi connectivity index (χ0n) is 10.3. The zero-order valence-corrected chi connectivity index (χ0v) is 11.1. The summed E-state index contributed by atoms with van der Waals surface area (Å²) in [6.07, 6.45) is -2.49. The highest BCUT2D eigenvalue weighted by atomic mass is 32.2. The number of nitrogen functional groups attached to an aromatic ring is 1. The van der Waals surface area contributed by atoms with Gasteiger partial charge in [-0.15, -0.1) is 0 Å². The molecule has 1 heterocycles. The molecule has 0 saturated heterocycles. The second-order valence-corrected chi connectivity index (χ2v) is 5.64. The van der Waals surface area contributed by atoms with Crippen LogP contribution in [0.25, 0.3) is 0 Å². The van der Waals surface area contributed by atoms with E-state index in [1.165, 1.54) is 0 Å². The smallest absolute Gasteiger partial charge is 0.368 e. The van der Waals surface area contributed by atoms with E-state index in [0.29, 0.717) is 0 Å². The van der Waals surface area contributed by atoms with Crippen LogP contribution in [0.1, 0.15) is 5.56 Å². The van der Waals surface area contributed by atoms with E-state index in [1.807, 2.05) is 0 Å². The van der Waals surface area contributed by atoms with Gasteiger partial charge in [-0.1, -0.05) is 0 Å². The van der Waals surface area contributed by atoms with Crippen LogP contribution in [0.5, 0.6) is 0 Å². The third-order valence-corrected chi connectivity index (χ3v) is 3.76. The minimum absolute atomic E-state index is 0.0141. The first-order chi connectivity index (χ1) is 9.68. The molecule has 2 aromatic rings. The van der Waals surface area contributed by atoms with Crippen molar-refractivity contribution in [3.8, 4) is 0 Å². The summed E-state index contributed by atoms with van der Waals surface area (Å²) in [5, 5.41) is 0. The first-order valence-corrected chi connectivity index (χ1v) is 6.94. The number of sulfonamides is 1. The van der Waals surface area contributed by atoms with E-state index in [-0.39, 0.29) is 16.5 Å². The molecule has 0 aliphatic carbocycles. The van der Waals surface area contributed by atoms with E-state index in [4.69, 9.17) is 5.73 Å². The molecule has 0 amide bonds. The molecule has 0 atom stereocenters. The van der Waals surface area contributed by atoms with E-state index in [9.17, 15) is 21.6 Å². The number of nitrogens with two attached hydrogens (primary N) is 1. The van der Waals surface area contributed by atoms with Crippen molar-refractivity contribution in [1.29, 1.82) is 0 Å². The topological polar surface area (TPSA) is 98.0 Å². The van der Waals surface area contributed by atoms with E-state index in [2.05, 4.69) is 14.7 Å². The number of alkyl halides is 3. The molecule has 112 valence electrons. The molecule has 1 aromatic carbocycles. The molecule has 1 aromatic heterocycles. The molecule has 21 heavy (non-hydrogen) atoms. The molecule has 0 saturated carbocycles. The Morgan fingerprint density at radius 1 is 1.05 bits per heavy atom. The van der Waals surface area contributed by atoms with Gasteiger partial charge >= 0.3 is 6.18 Å². The fraction of sp³-hybridized carbons (Fsp3) is 0.0909. The van der Waals surface area contributed by atoms with Gasteiger partial charge in [0.15, 0.2) is 0 Å². The Labute approximate surface area is 117 Å². The molecule has 2 rings (SSSR count). The average Bonchev–Trinajstić information content (AvgIpc) is 2.38. The van der Waals surface area contributed by atoms with E-state index in [1.54, 1.807) is 0 Å². The number of nitrogens with one attached hydrogen (secondary N) is 1. The highest BCUT2D eigenvalue weighted by molar-refractivity contribution is 7.92. The summed E-state index contributed by atoms with van der Waals surface area (Å²) in [7, 11) is -3.99. The molecular formula is C11H9F3N4O2S. The maximum atomic E-state index is 12.4. The van der Waals surface area contributed by atoms with Gasteiger partial charge < -0.3 is 5.73 Å². The van der Waals surface area contributed by atoms with Crippen molar-refractivity contribution >= 4 is 21.7 Å². The number of aromatic nitrogens is 2. The lowest BCUT2D eigenvalue weighted by Crippen LogP contribution is -2.14. The third-order valence-electron chi connectivity index (χ3n) is 2.42. The highest BCUT2D eigenvalue weighted by Crippen LogP contribution is 2.30. The zero-order chi connectivity index (χ0) is 15.7. The van der Waals surface area contributed by atoms with E-state index >= 15 is 0 Å². The number of hydrogen-bond acceptors (Lipinski definition) is 5. The quantitative estimate of drug-likeness (QED) is 0.900. The van der Waals surface area contributed by atoms with Crippen LogP contribution < -0.4 is 10.5 Å². The van der Waals surface area contributed by atoms with Crippen molar-refractivity contribution in [2.75, 3.05) is 10.5 Å². The number of hydrogen-bond donors (Lipinski definition) is 2. The van der Waals surface area contributed by atoms with E-state index in [0.717, 1.165) is 36.7 Å². The Morgan fingerprint density at radius 3 is 2.05 bits per heavy atom. The lowest BCUT2D eigenvalue weighted by Gasteiger charge is -2.10. The van der Waals surface area contributed by atoms with Gasteiger partial charge in [0.05, 0.1) is 18.0 Å². The fourth-order valence-corrected chi connectivity index (χ4v) is 2.35. The van der Waals surface area contributed by atoms with Gasteiger partial charge in [-0.05, 0) is 24.3 Å². The monoisotopic (exact) mass is 318 g/mol. The van der Waals surface area contributed by atoms with Crippen molar-refractivity contribution in [3.05, 3.63) is 42.2 Å². The third kappa shape index (κ3) is 3.60. The Bertz CT molecular complexity index is 728. The van der Waals surface area contributed by atoms with Gasteiger partial charge in [0.1, 0.15) is 4.90 Å². The van der Waals surface area contributed by atoms with Gasteiger partial charge in [-0.25, -0.2) is 18.4 Å². The normalized spacial score (nSPS) is 12.1. The average molecular weight is 318 g/mol. The maximum Gasteiger partial charge on any atom is 0.416 e. The van der Waals surface area contributed by atoms with Crippen molar-refractivity contribution in [3.63, 3.8) is 0 Å². The number of rotatable bonds is 3. The molecule has 0 spiro atoms. The standard InChI is InChI=1S/C11H9F3N4O2S/c12-11(13,14)7-1-3-8(4-2-7)18-21(19,20)9-5-16-10(15)17-6-9/h1-6,18H,(H2,15,16,17). The van der Waals surface area contributed by atoms with Crippen LogP contribution >= 0.6 is 0 Å². The summed E-state index contributed by atoms with van der Waals surface area (Å²) in [5.74, 6) is -0.0940. The van der Waals surface area contributed by atoms with Crippen molar-refractivity contribution in [2.45, 2.75) is 11.1 Å². The van der Waals surface area contributed by atoms with Crippen LogP contribution in [-0.2, 0) is 16.2 Å². The molecule has 0 fully saturated rings. The summed E-state index contributed by atoms with van der Waals surface area (Å²) in [4.78, 5) is 6.81. The fourth-order valence-electron chi connectivity index (χ4n) is 1.41. The molecule has 0 radical (unpaired) electrons. The Morgan fingerprint density at radius 2 is 1.57 bits per heavy atom. The van der Waals surface area contributed by atoms with Crippen LogP contribution in [0.3, 0.4) is 0 Å². The van der Waals surface area contributed by atoms with Gasteiger partial charge in [0.2, 0.25) is 5.95 Å². The minimum Gasteiger partial charge on any atom is -0.368 e. The minimum atomic E-state index is -4.48. The predicted molar refractivity (Wildman–Crippen MR) is 68.7 cm³/mol. The lowest BCUT2D eigenvalue weighted by molar-refractivity contribution is -0.137. The van der Waals surface area contributed by atoms with Crippen LogP contribution in [0, 0.1) is 0 Å².